The third-order valence-electron chi connectivity index (χ3n) is 5.43. The van der Waals surface area contributed by atoms with Gasteiger partial charge in [-0.1, -0.05) is 18.2 Å². The SMILES string of the molecule is COc1ccc(C=Nc2ccc(N3CCN(c4ccccc4C)CC3)cc2)cc1. The van der Waals surface area contributed by atoms with Crippen molar-refractivity contribution in [2.75, 3.05) is 43.1 Å². The fourth-order valence-electron chi connectivity index (χ4n) is 3.71. The van der Waals surface area contributed by atoms with Crippen LogP contribution < -0.4 is 14.5 Å². The Kier molecular flexibility index (Phi) is 5.80. The Morgan fingerprint density at radius 3 is 2.10 bits per heavy atom. The molecule has 0 unspecified atom stereocenters. The van der Waals surface area contributed by atoms with Crippen molar-refractivity contribution in [3.05, 3.63) is 83.9 Å². The Hall–Kier alpha value is -3.27. The maximum absolute atomic E-state index is 5.19. The van der Waals surface area contributed by atoms with Crippen LogP contribution >= 0.6 is 0 Å². The zero-order chi connectivity index (χ0) is 20.1. The molecule has 0 spiro atoms. The largest absolute Gasteiger partial charge is 0.497 e. The molecule has 1 heterocycles. The lowest BCUT2D eigenvalue weighted by Crippen LogP contribution is -2.46. The van der Waals surface area contributed by atoms with Gasteiger partial charge in [0.1, 0.15) is 5.75 Å². The Balaban J connectivity index is 1.36. The number of methoxy groups -OCH3 is 1. The molecule has 29 heavy (non-hydrogen) atoms. The molecule has 3 aromatic rings. The first-order valence-electron chi connectivity index (χ1n) is 10.1. The van der Waals surface area contributed by atoms with Crippen LogP contribution in [0.25, 0.3) is 0 Å². The highest BCUT2D eigenvalue weighted by Crippen LogP contribution is 2.25. The number of para-hydroxylation sites is 1. The van der Waals surface area contributed by atoms with E-state index in [0.29, 0.717) is 0 Å². The fourth-order valence-corrected chi connectivity index (χ4v) is 3.71. The van der Waals surface area contributed by atoms with Crippen LogP contribution in [0.15, 0.2) is 77.8 Å². The van der Waals surface area contributed by atoms with Crippen molar-refractivity contribution in [3.8, 4) is 5.75 Å². The van der Waals surface area contributed by atoms with Gasteiger partial charge >= 0.3 is 0 Å². The van der Waals surface area contributed by atoms with E-state index < -0.39 is 0 Å². The van der Waals surface area contributed by atoms with Crippen molar-refractivity contribution >= 4 is 23.3 Å². The monoisotopic (exact) mass is 385 g/mol. The van der Waals surface area contributed by atoms with E-state index in [0.717, 1.165) is 43.2 Å². The summed E-state index contributed by atoms with van der Waals surface area (Å²) < 4.78 is 5.19. The lowest BCUT2D eigenvalue weighted by Gasteiger charge is -2.38. The predicted molar refractivity (Wildman–Crippen MR) is 122 cm³/mol. The maximum Gasteiger partial charge on any atom is 0.118 e. The number of anilines is 2. The smallest absolute Gasteiger partial charge is 0.118 e. The molecule has 0 atom stereocenters. The summed E-state index contributed by atoms with van der Waals surface area (Å²) in [5.74, 6) is 0.856. The molecule has 0 amide bonds. The van der Waals surface area contributed by atoms with Crippen molar-refractivity contribution in [1.82, 2.24) is 0 Å². The van der Waals surface area contributed by atoms with Gasteiger partial charge in [-0.15, -0.1) is 0 Å². The molecule has 0 aromatic heterocycles. The minimum atomic E-state index is 0.856. The highest BCUT2D eigenvalue weighted by molar-refractivity contribution is 5.82. The van der Waals surface area contributed by atoms with Gasteiger partial charge in [0.15, 0.2) is 0 Å². The van der Waals surface area contributed by atoms with E-state index in [9.17, 15) is 0 Å². The van der Waals surface area contributed by atoms with Crippen LogP contribution in [-0.4, -0.2) is 39.5 Å². The Morgan fingerprint density at radius 2 is 1.45 bits per heavy atom. The summed E-state index contributed by atoms with van der Waals surface area (Å²) in [6, 6.07) is 25.1. The first-order valence-corrected chi connectivity index (χ1v) is 10.1. The number of rotatable bonds is 5. The van der Waals surface area contributed by atoms with E-state index in [1.807, 2.05) is 30.5 Å². The lowest BCUT2D eigenvalue weighted by atomic mass is 10.1. The molecule has 0 bridgehead atoms. The van der Waals surface area contributed by atoms with Gasteiger partial charge in [0, 0.05) is 43.8 Å². The Bertz CT molecular complexity index is 956. The summed E-state index contributed by atoms with van der Waals surface area (Å²) >= 11 is 0. The number of aryl methyl sites for hydroxylation is 1. The number of aliphatic imine (C=N–C) groups is 1. The van der Waals surface area contributed by atoms with E-state index in [1.54, 1.807) is 7.11 Å². The second-order valence-electron chi connectivity index (χ2n) is 7.31. The first-order chi connectivity index (χ1) is 14.2. The number of benzene rings is 3. The van der Waals surface area contributed by atoms with E-state index in [-0.39, 0.29) is 0 Å². The standard InChI is InChI=1S/C25H27N3O/c1-20-5-3-4-6-25(20)28-17-15-27(16-18-28)23-11-9-22(10-12-23)26-19-21-7-13-24(29-2)14-8-21/h3-14,19H,15-18H2,1-2H3. The molecule has 0 aliphatic carbocycles. The molecule has 3 aromatic carbocycles. The molecule has 1 fully saturated rings. The van der Waals surface area contributed by atoms with Gasteiger partial charge in [-0.25, -0.2) is 0 Å². The van der Waals surface area contributed by atoms with Crippen molar-refractivity contribution < 1.29 is 4.74 Å². The van der Waals surface area contributed by atoms with Gasteiger partial charge < -0.3 is 14.5 Å². The molecule has 1 aliphatic heterocycles. The van der Waals surface area contributed by atoms with Crippen molar-refractivity contribution in [2.45, 2.75) is 6.92 Å². The van der Waals surface area contributed by atoms with Gasteiger partial charge in [0.25, 0.3) is 0 Å². The van der Waals surface area contributed by atoms with Crippen LogP contribution in [0, 0.1) is 6.92 Å². The molecular formula is C25H27N3O. The van der Waals surface area contributed by atoms with Gasteiger partial charge in [0.2, 0.25) is 0 Å². The predicted octanol–water partition coefficient (Wildman–Crippen LogP) is 5.08. The minimum absolute atomic E-state index is 0.856. The molecular weight excluding hydrogens is 358 g/mol. The number of ether oxygens (including phenoxy) is 1. The second-order valence-corrected chi connectivity index (χ2v) is 7.31. The summed E-state index contributed by atoms with van der Waals surface area (Å²) in [6.45, 7) is 6.34. The third kappa shape index (κ3) is 4.60. The topological polar surface area (TPSA) is 28.1 Å². The summed E-state index contributed by atoms with van der Waals surface area (Å²) in [7, 11) is 1.67. The molecule has 4 heteroatoms. The average Bonchev–Trinajstić information content (AvgIpc) is 2.79. The Morgan fingerprint density at radius 1 is 0.793 bits per heavy atom. The Labute approximate surface area is 173 Å². The van der Waals surface area contributed by atoms with Crippen molar-refractivity contribution in [3.63, 3.8) is 0 Å². The van der Waals surface area contributed by atoms with Gasteiger partial charge in [0.05, 0.1) is 12.8 Å². The molecule has 1 saturated heterocycles. The molecule has 4 rings (SSSR count). The highest BCUT2D eigenvalue weighted by Gasteiger charge is 2.18. The van der Waals surface area contributed by atoms with Crippen LogP contribution in [0.5, 0.6) is 5.75 Å². The number of piperazine rings is 1. The normalized spacial score (nSPS) is 14.4. The van der Waals surface area contributed by atoms with Crippen LogP contribution in [-0.2, 0) is 0 Å². The fraction of sp³-hybridized carbons (Fsp3) is 0.240. The van der Waals surface area contributed by atoms with Crippen LogP contribution in [0.3, 0.4) is 0 Å². The molecule has 0 N–H and O–H groups in total. The molecule has 0 saturated carbocycles. The summed E-state index contributed by atoms with van der Waals surface area (Å²) in [4.78, 5) is 9.52. The number of hydrogen-bond donors (Lipinski definition) is 0. The minimum Gasteiger partial charge on any atom is -0.497 e. The van der Waals surface area contributed by atoms with E-state index in [2.05, 4.69) is 70.2 Å². The maximum atomic E-state index is 5.19. The lowest BCUT2D eigenvalue weighted by molar-refractivity contribution is 0.415. The van der Waals surface area contributed by atoms with Gasteiger partial charge in [-0.3, -0.25) is 4.99 Å². The summed E-state index contributed by atoms with van der Waals surface area (Å²) in [6.07, 6.45) is 1.88. The van der Waals surface area contributed by atoms with Gasteiger partial charge in [-0.05, 0) is 72.6 Å². The molecule has 148 valence electrons. The highest BCUT2D eigenvalue weighted by atomic mass is 16.5. The van der Waals surface area contributed by atoms with E-state index in [1.165, 1.54) is 16.9 Å². The molecule has 0 radical (unpaired) electrons. The average molecular weight is 386 g/mol. The van der Waals surface area contributed by atoms with Crippen LogP contribution in [0.2, 0.25) is 0 Å². The molecule has 4 nitrogen and oxygen atoms in total. The summed E-state index contributed by atoms with van der Waals surface area (Å²) in [5.41, 5.74) is 5.98. The van der Waals surface area contributed by atoms with Crippen LogP contribution in [0.1, 0.15) is 11.1 Å². The van der Waals surface area contributed by atoms with E-state index >= 15 is 0 Å². The second kappa shape index (κ2) is 8.82. The quantitative estimate of drug-likeness (QED) is 0.573. The van der Waals surface area contributed by atoms with Crippen molar-refractivity contribution in [1.29, 1.82) is 0 Å². The van der Waals surface area contributed by atoms with E-state index in [4.69, 9.17) is 4.74 Å². The third-order valence-corrected chi connectivity index (χ3v) is 5.43. The zero-order valence-electron chi connectivity index (χ0n) is 17.1. The number of nitrogens with zero attached hydrogens (tertiary/aromatic N) is 3. The number of hydrogen-bond acceptors (Lipinski definition) is 4. The van der Waals surface area contributed by atoms with Crippen molar-refractivity contribution in [2.24, 2.45) is 4.99 Å². The van der Waals surface area contributed by atoms with Gasteiger partial charge in [-0.2, -0.15) is 0 Å². The zero-order valence-corrected chi connectivity index (χ0v) is 17.1. The first kappa shape index (κ1) is 19.1. The van der Waals surface area contributed by atoms with Crippen LogP contribution in [0.4, 0.5) is 17.1 Å². The summed E-state index contributed by atoms with van der Waals surface area (Å²) in [5, 5.41) is 0. The molecule has 1 aliphatic rings.